The van der Waals surface area contributed by atoms with Crippen LogP contribution < -0.4 is 5.32 Å². The van der Waals surface area contributed by atoms with E-state index < -0.39 is 0 Å². The molecule has 1 fully saturated rings. The standard InChI is InChI=1S/C19H18N2O/c1-14-4-7-16(8-5-14)19(12-22-13-19)21-17-9-6-15-3-2-10-20-18(15)11-17/h2-11,21H,12-13H2,1H3. The van der Waals surface area contributed by atoms with Crippen LogP contribution in [0.5, 0.6) is 0 Å². The van der Waals surface area contributed by atoms with Crippen molar-refractivity contribution < 1.29 is 4.74 Å². The SMILES string of the molecule is Cc1ccc(C2(Nc3ccc4cccnc4c3)COC2)cc1. The van der Waals surface area contributed by atoms with Crippen molar-refractivity contribution in [3.63, 3.8) is 0 Å². The van der Waals surface area contributed by atoms with Crippen molar-refractivity contribution in [2.45, 2.75) is 12.5 Å². The van der Waals surface area contributed by atoms with Crippen LogP contribution in [0, 0.1) is 6.92 Å². The molecule has 0 radical (unpaired) electrons. The number of anilines is 1. The fourth-order valence-corrected chi connectivity index (χ4v) is 2.91. The zero-order chi connectivity index (χ0) is 15.0. The van der Waals surface area contributed by atoms with Gasteiger partial charge in [-0.1, -0.05) is 42.0 Å². The number of rotatable bonds is 3. The first kappa shape index (κ1) is 13.3. The molecule has 1 N–H and O–H groups in total. The van der Waals surface area contributed by atoms with Gasteiger partial charge < -0.3 is 10.1 Å². The first-order valence-electron chi connectivity index (χ1n) is 7.53. The van der Waals surface area contributed by atoms with E-state index in [4.69, 9.17) is 4.74 Å². The molecule has 1 aliphatic rings. The molecule has 0 atom stereocenters. The summed E-state index contributed by atoms with van der Waals surface area (Å²) < 4.78 is 5.50. The maximum atomic E-state index is 5.50. The van der Waals surface area contributed by atoms with Crippen molar-refractivity contribution in [1.29, 1.82) is 0 Å². The molecule has 0 bridgehead atoms. The Bertz CT molecular complexity index is 807. The van der Waals surface area contributed by atoms with Gasteiger partial charge in [-0.05, 0) is 30.7 Å². The lowest BCUT2D eigenvalue weighted by Crippen LogP contribution is -2.52. The van der Waals surface area contributed by atoms with Gasteiger partial charge in [0.25, 0.3) is 0 Å². The Balaban J connectivity index is 1.68. The average molecular weight is 290 g/mol. The van der Waals surface area contributed by atoms with Crippen LogP contribution in [0.25, 0.3) is 10.9 Å². The lowest BCUT2D eigenvalue weighted by atomic mass is 9.87. The molecule has 0 unspecified atom stereocenters. The van der Waals surface area contributed by atoms with E-state index in [1.54, 1.807) is 0 Å². The maximum Gasteiger partial charge on any atom is 0.110 e. The summed E-state index contributed by atoms with van der Waals surface area (Å²) in [5, 5.41) is 4.81. The van der Waals surface area contributed by atoms with Gasteiger partial charge in [0.15, 0.2) is 0 Å². The quantitative estimate of drug-likeness (QED) is 0.795. The van der Waals surface area contributed by atoms with Gasteiger partial charge in [0.1, 0.15) is 5.54 Å². The fourth-order valence-electron chi connectivity index (χ4n) is 2.91. The number of aryl methyl sites for hydroxylation is 1. The molecule has 0 aliphatic carbocycles. The summed E-state index contributed by atoms with van der Waals surface area (Å²) in [5.41, 5.74) is 4.50. The normalized spacial score (nSPS) is 16.2. The van der Waals surface area contributed by atoms with Crippen LogP contribution in [-0.2, 0) is 10.3 Å². The Labute approximate surface area is 130 Å². The number of hydrogen-bond acceptors (Lipinski definition) is 3. The van der Waals surface area contributed by atoms with Gasteiger partial charge in [-0.15, -0.1) is 0 Å². The Morgan fingerprint density at radius 3 is 2.59 bits per heavy atom. The highest BCUT2D eigenvalue weighted by molar-refractivity contribution is 5.82. The Hall–Kier alpha value is -2.39. The molecule has 4 rings (SSSR count). The lowest BCUT2D eigenvalue weighted by Gasteiger charge is -2.43. The number of nitrogens with zero attached hydrogens (tertiary/aromatic N) is 1. The molecule has 3 nitrogen and oxygen atoms in total. The van der Waals surface area contributed by atoms with E-state index >= 15 is 0 Å². The molecule has 0 saturated carbocycles. The minimum absolute atomic E-state index is 0.129. The fraction of sp³-hybridized carbons (Fsp3) is 0.211. The van der Waals surface area contributed by atoms with Crippen LogP contribution in [0.15, 0.2) is 60.8 Å². The lowest BCUT2D eigenvalue weighted by molar-refractivity contribution is -0.0446. The monoisotopic (exact) mass is 290 g/mol. The molecule has 0 amide bonds. The summed E-state index contributed by atoms with van der Waals surface area (Å²) in [7, 11) is 0. The van der Waals surface area contributed by atoms with Crippen molar-refractivity contribution in [3.05, 3.63) is 71.9 Å². The number of hydrogen-bond donors (Lipinski definition) is 1. The molecular weight excluding hydrogens is 272 g/mol. The van der Waals surface area contributed by atoms with Crippen molar-refractivity contribution in [3.8, 4) is 0 Å². The van der Waals surface area contributed by atoms with E-state index in [0.717, 1.165) is 16.6 Å². The molecule has 0 spiro atoms. The van der Waals surface area contributed by atoms with Crippen molar-refractivity contribution in [2.75, 3.05) is 18.5 Å². The largest absolute Gasteiger partial charge is 0.376 e. The second kappa shape index (κ2) is 5.11. The van der Waals surface area contributed by atoms with Crippen molar-refractivity contribution in [1.82, 2.24) is 4.98 Å². The van der Waals surface area contributed by atoms with Crippen LogP contribution in [0.4, 0.5) is 5.69 Å². The van der Waals surface area contributed by atoms with Crippen LogP contribution in [0.3, 0.4) is 0 Å². The van der Waals surface area contributed by atoms with E-state index in [1.165, 1.54) is 11.1 Å². The van der Waals surface area contributed by atoms with E-state index in [9.17, 15) is 0 Å². The van der Waals surface area contributed by atoms with Crippen molar-refractivity contribution >= 4 is 16.6 Å². The number of benzene rings is 2. The Morgan fingerprint density at radius 1 is 1.05 bits per heavy atom. The number of aromatic nitrogens is 1. The molecule has 3 heteroatoms. The van der Waals surface area contributed by atoms with Crippen LogP contribution in [-0.4, -0.2) is 18.2 Å². The van der Waals surface area contributed by atoms with Crippen LogP contribution >= 0.6 is 0 Å². The molecule has 2 heterocycles. The molecule has 3 aromatic rings. The molecular formula is C19H18N2O. The summed E-state index contributed by atoms with van der Waals surface area (Å²) in [6.45, 7) is 3.49. The minimum Gasteiger partial charge on any atom is -0.376 e. The zero-order valence-electron chi connectivity index (χ0n) is 12.5. The second-order valence-corrected chi connectivity index (χ2v) is 5.98. The molecule has 1 saturated heterocycles. The minimum atomic E-state index is -0.129. The van der Waals surface area contributed by atoms with Gasteiger partial charge in [0.05, 0.1) is 18.7 Å². The summed E-state index contributed by atoms with van der Waals surface area (Å²) in [6, 6.07) is 19.0. The van der Waals surface area contributed by atoms with Gasteiger partial charge >= 0.3 is 0 Å². The average Bonchev–Trinajstić information content (AvgIpc) is 2.52. The maximum absolute atomic E-state index is 5.50. The van der Waals surface area contributed by atoms with Gasteiger partial charge in [0.2, 0.25) is 0 Å². The number of fused-ring (bicyclic) bond motifs is 1. The number of nitrogens with one attached hydrogen (secondary N) is 1. The molecule has 22 heavy (non-hydrogen) atoms. The third kappa shape index (κ3) is 2.24. The van der Waals surface area contributed by atoms with E-state index in [1.807, 2.05) is 12.3 Å². The van der Waals surface area contributed by atoms with Crippen LogP contribution in [0.1, 0.15) is 11.1 Å². The zero-order valence-corrected chi connectivity index (χ0v) is 12.5. The van der Waals surface area contributed by atoms with Crippen molar-refractivity contribution in [2.24, 2.45) is 0 Å². The smallest absolute Gasteiger partial charge is 0.110 e. The molecule has 1 aliphatic heterocycles. The predicted molar refractivity (Wildman–Crippen MR) is 89.0 cm³/mol. The summed E-state index contributed by atoms with van der Waals surface area (Å²) >= 11 is 0. The van der Waals surface area contributed by atoms with Crippen LogP contribution in [0.2, 0.25) is 0 Å². The summed E-state index contributed by atoms with van der Waals surface area (Å²) in [5.74, 6) is 0. The number of ether oxygens (including phenoxy) is 1. The highest BCUT2D eigenvalue weighted by Crippen LogP contribution is 2.34. The highest BCUT2D eigenvalue weighted by atomic mass is 16.5. The first-order valence-corrected chi connectivity index (χ1v) is 7.53. The third-order valence-electron chi connectivity index (χ3n) is 4.29. The predicted octanol–water partition coefficient (Wildman–Crippen LogP) is 3.88. The summed E-state index contributed by atoms with van der Waals surface area (Å²) in [6.07, 6.45) is 1.83. The Morgan fingerprint density at radius 2 is 1.86 bits per heavy atom. The van der Waals surface area contributed by atoms with Gasteiger partial charge in [-0.2, -0.15) is 0 Å². The highest BCUT2D eigenvalue weighted by Gasteiger charge is 2.40. The van der Waals surface area contributed by atoms with Gasteiger partial charge in [0, 0.05) is 17.3 Å². The molecule has 1 aromatic heterocycles. The molecule has 110 valence electrons. The first-order chi connectivity index (χ1) is 10.8. The molecule has 2 aromatic carbocycles. The topological polar surface area (TPSA) is 34.2 Å². The summed E-state index contributed by atoms with van der Waals surface area (Å²) in [4.78, 5) is 4.43. The third-order valence-corrected chi connectivity index (χ3v) is 4.29. The Kier molecular flexibility index (Phi) is 3.09. The van der Waals surface area contributed by atoms with E-state index in [-0.39, 0.29) is 5.54 Å². The second-order valence-electron chi connectivity index (χ2n) is 5.98. The van der Waals surface area contributed by atoms with Gasteiger partial charge in [-0.3, -0.25) is 4.98 Å². The van der Waals surface area contributed by atoms with E-state index in [2.05, 4.69) is 65.8 Å². The van der Waals surface area contributed by atoms with Gasteiger partial charge in [-0.25, -0.2) is 0 Å². The number of pyridine rings is 1. The van der Waals surface area contributed by atoms with E-state index in [0.29, 0.717) is 13.2 Å².